The van der Waals surface area contributed by atoms with E-state index < -0.39 is 5.91 Å². The highest BCUT2D eigenvalue weighted by molar-refractivity contribution is 5.99. The predicted molar refractivity (Wildman–Crippen MR) is 150 cm³/mol. The van der Waals surface area contributed by atoms with Crippen LogP contribution in [0.5, 0.6) is 5.75 Å². The molecule has 1 N–H and O–H groups in total. The van der Waals surface area contributed by atoms with Crippen LogP contribution in [-0.4, -0.2) is 59.2 Å². The van der Waals surface area contributed by atoms with Crippen LogP contribution in [0.3, 0.4) is 0 Å². The Kier molecular flexibility index (Phi) is 8.21. The van der Waals surface area contributed by atoms with Crippen LogP contribution in [-0.2, 0) is 9.53 Å². The van der Waals surface area contributed by atoms with E-state index in [1.165, 1.54) is 18.1 Å². The number of benzene rings is 3. The van der Waals surface area contributed by atoms with Gasteiger partial charge in [-0.3, -0.25) is 19.5 Å². The molecule has 2 amide bonds. The first-order valence-corrected chi connectivity index (χ1v) is 13.2. The van der Waals surface area contributed by atoms with Gasteiger partial charge in [0.25, 0.3) is 5.91 Å². The van der Waals surface area contributed by atoms with Gasteiger partial charge >= 0.3 is 0 Å². The maximum absolute atomic E-state index is 14.5. The maximum Gasteiger partial charge on any atom is 0.254 e. The van der Waals surface area contributed by atoms with Crippen LogP contribution < -0.4 is 10.1 Å². The number of rotatable bonds is 9. The van der Waals surface area contributed by atoms with Gasteiger partial charge in [-0.05, 0) is 55.7 Å². The lowest BCUT2D eigenvalue weighted by atomic mass is 10.1. The summed E-state index contributed by atoms with van der Waals surface area (Å²) in [5, 5.41) is 2.85. The van der Waals surface area contributed by atoms with Gasteiger partial charge in [0.1, 0.15) is 18.1 Å². The number of aromatic nitrogens is 2. The molecule has 1 aromatic heterocycles. The third-order valence-corrected chi connectivity index (χ3v) is 6.85. The molecule has 8 nitrogen and oxygen atoms in total. The first kappa shape index (κ1) is 27.1. The molecule has 9 heteroatoms. The molecule has 206 valence electrons. The Morgan fingerprint density at radius 2 is 1.95 bits per heavy atom. The number of hydrogen-bond acceptors (Lipinski definition) is 5. The molecular weight excluding hydrogens is 511 g/mol. The number of nitrogens with one attached hydrogen (secondary N) is 1. The second kappa shape index (κ2) is 12.1. The van der Waals surface area contributed by atoms with Crippen molar-refractivity contribution in [3.8, 4) is 22.7 Å². The zero-order valence-corrected chi connectivity index (χ0v) is 22.5. The highest BCUT2D eigenvalue weighted by atomic mass is 19.1. The number of hydrogen-bond donors (Lipinski definition) is 1. The van der Waals surface area contributed by atoms with Crippen molar-refractivity contribution in [2.45, 2.75) is 25.9 Å². The Bertz CT molecular complexity index is 1500. The van der Waals surface area contributed by atoms with Crippen LogP contribution in [0.1, 0.15) is 28.8 Å². The van der Waals surface area contributed by atoms with E-state index in [2.05, 4.69) is 10.3 Å². The first-order chi connectivity index (χ1) is 19.4. The lowest BCUT2D eigenvalue weighted by Crippen LogP contribution is -2.42. The monoisotopic (exact) mass is 542 g/mol. The van der Waals surface area contributed by atoms with Gasteiger partial charge in [-0.1, -0.05) is 42.5 Å². The number of halogens is 1. The van der Waals surface area contributed by atoms with Crippen molar-refractivity contribution in [2.24, 2.45) is 0 Å². The molecule has 0 radical (unpaired) electrons. The Morgan fingerprint density at radius 1 is 1.12 bits per heavy atom. The number of nitrogens with zero attached hydrogens (tertiary/aromatic N) is 3. The number of ether oxygens (including phenoxy) is 2. The van der Waals surface area contributed by atoms with Gasteiger partial charge < -0.3 is 14.4 Å². The van der Waals surface area contributed by atoms with Crippen molar-refractivity contribution in [3.05, 3.63) is 95.9 Å². The van der Waals surface area contributed by atoms with Crippen molar-refractivity contribution in [3.63, 3.8) is 0 Å². The summed E-state index contributed by atoms with van der Waals surface area (Å²) in [6, 6.07) is 21.2. The van der Waals surface area contributed by atoms with Crippen molar-refractivity contribution >= 4 is 17.8 Å². The van der Waals surface area contributed by atoms with Gasteiger partial charge in [-0.2, -0.15) is 0 Å². The van der Waals surface area contributed by atoms with Crippen LogP contribution in [0.25, 0.3) is 16.9 Å². The minimum atomic E-state index is -0.437. The standard InChI is InChI=1S/C31H31FN4O4/c1-21-13-14-24(17-27(21)32)36-19-28(22-8-4-3-5-9-22)33-31(36)34-29(37)20-35(18-26-12-7-15-40-26)30(38)23-10-6-11-25(16-23)39-2/h3-6,8-11,13-14,16-17,19,26H,7,12,15,18,20H2,1-2H3,(H,33,34,37)/t26-/m0/s1. The molecule has 2 heterocycles. The van der Waals surface area contributed by atoms with Crippen molar-refractivity contribution in [2.75, 3.05) is 32.1 Å². The van der Waals surface area contributed by atoms with E-state index in [4.69, 9.17) is 9.47 Å². The van der Waals surface area contributed by atoms with E-state index in [1.54, 1.807) is 54.1 Å². The van der Waals surface area contributed by atoms with Gasteiger partial charge in [0.15, 0.2) is 0 Å². The fourth-order valence-corrected chi connectivity index (χ4v) is 4.67. The van der Waals surface area contributed by atoms with Crippen LogP contribution in [0.2, 0.25) is 0 Å². The van der Waals surface area contributed by atoms with Gasteiger partial charge in [-0.25, -0.2) is 9.37 Å². The number of carbonyl (C=O) groups excluding carboxylic acids is 2. The molecule has 0 bridgehead atoms. The van der Waals surface area contributed by atoms with E-state index in [1.807, 2.05) is 30.3 Å². The zero-order chi connectivity index (χ0) is 28.1. The van der Waals surface area contributed by atoms with E-state index in [0.29, 0.717) is 34.9 Å². The Labute approximate surface area is 232 Å². The first-order valence-electron chi connectivity index (χ1n) is 13.2. The minimum Gasteiger partial charge on any atom is -0.497 e. The summed E-state index contributed by atoms with van der Waals surface area (Å²) in [4.78, 5) is 33.0. The third kappa shape index (κ3) is 6.21. The molecule has 1 fully saturated rings. The Hall–Kier alpha value is -4.50. The number of imidazole rings is 1. The highest BCUT2D eigenvalue weighted by Crippen LogP contribution is 2.25. The molecule has 1 aliphatic rings. The van der Waals surface area contributed by atoms with Crippen molar-refractivity contribution in [1.82, 2.24) is 14.5 Å². The lowest BCUT2D eigenvalue weighted by Gasteiger charge is -2.25. The molecule has 0 saturated carbocycles. The summed E-state index contributed by atoms with van der Waals surface area (Å²) < 4.78 is 27.1. The van der Waals surface area contributed by atoms with Gasteiger partial charge in [0.2, 0.25) is 11.9 Å². The fourth-order valence-electron chi connectivity index (χ4n) is 4.67. The normalized spacial score (nSPS) is 14.6. The number of anilines is 1. The average molecular weight is 543 g/mol. The second-order valence-electron chi connectivity index (χ2n) is 9.72. The molecule has 1 saturated heterocycles. The topological polar surface area (TPSA) is 85.7 Å². The number of amides is 2. The molecule has 40 heavy (non-hydrogen) atoms. The molecule has 1 atom stereocenters. The summed E-state index contributed by atoms with van der Waals surface area (Å²) in [5.74, 6) is -0.339. The summed E-state index contributed by atoms with van der Waals surface area (Å²) >= 11 is 0. The largest absolute Gasteiger partial charge is 0.497 e. The van der Waals surface area contributed by atoms with Crippen LogP contribution in [0.4, 0.5) is 10.3 Å². The molecule has 0 spiro atoms. The predicted octanol–water partition coefficient (Wildman–Crippen LogP) is 5.26. The van der Waals surface area contributed by atoms with Crippen LogP contribution in [0, 0.1) is 12.7 Å². The smallest absolute Gasteiger partial charge is 0.254 e. The number of methoxy groups -OCH3 is 1. The number of carbonyl (C=O) groups is 2. The minimum absolute atomic E-state index is 0.149. The molecule has 0 unspecified atom stereocenters. The van der Waals surface area contributed by atoms with Gasteiger partial charge in [0.05, 0.1) is 24.6 Å². The average Bonchev–Trinajstić information content (AvgIpc) is 3.64. The molecular formula is C31H31FN4O4. The van der Waals surface area contributed by atoms with E-state index in [9.17, 15) is 14.0 Å². The van der Waals surface area contributed by atoms with Crippen LogP contribution in [0.15, 0.2) is 79.0 Å². The summed E-state index contributed by atoms with van der Waals surface area (Å²) in [5.41, 5.74) is 2.89. The van der Waals surface area contributed by atoms with E-state index >= 15 is 0 Å². The van der Waals surface area contributed by atoms with Crippen molar-refractivity contribution < 1.29 is 23.5 Å². The van der Waals surface area contributed by atoms with Crippen molar-refractivity contribution in [1.29, 1.82) is 0 Å². The molecule has 4 aromatic rings. The molecule has 3 aromatic carbocycles. The molecule has 1 aliphatic heterocycles. The fraction of sp³-hybridized carbons (Fsp3) is 0.258. The summed E-state index contributed by atoms with van der Waals surface area (Å²) in [7, 11) is 1.53. The quantitative estimate of drug-likeness (QED) is 0.312. The van der Waals surface area contributed by atoms with Gasteiger partial charge in [0, 0.05) is 30.5 Å². The molecule has 0 aliphatic carbocycles. The third-order valence-electron chi connectivity index (χ3n) is 6.85. The highest BCUT2D eigenvalue weighted by Gasteiger charge is 2.26. The Balaban J connectivity index is 1.42. The number of aryl methyl sites for hydroxylation is 1. The van der Waals surface area contributed by atoms with Crippen LogP contribution >= 0.6 is 0 Å². The Morgan fingerprint density at radius 3 is 2.67 bits per heavy atom. The second-order valence-corrected chi connectivity index (χ2v) is 9.72. The van der Waals surface area contributed by atoms with E-state index in [-0.39, 0.29) is 36.9 Å². The maximum atomic E-state index is 14.5. The summed E-state index contributed by atoms with van der Waals surface area (Å²) in [6.07, 6.45) is 3.32. The van der Waals surface area contributed by atoms with E-state index in [0.717, 1.165) is 18.4 Å². The molecule has 5 rings (SSSR count). The zero-order valence-electron chi connectivity index (χ0n) is 22.5. The van der Waals surface area contributed by atoms with Gasteiger partial charge in [-0.15, -0.1) is 0 Å². The summed E-state index contributed by atoms with van der Waals surface area (Å²) in [6.45, 7) is 2.37. The lowest BCUT2D eigenvalue weighted by molar-refractivity contribution is -0.117. The SMILES string of the molecule is COc1cccc(C(=O)N(CC(=O)Nc2nc(-c3ccccc3)cn2-c2ccc(C)c(F)c2)C[C@@H]2CCCO2)c1.